The lowest BCUT2D eigenvalue weighted by Gasteiger charge is -2.26. The van der Waals surface area contributed by atoms with Crippen LogP contribution < -0.4 is 9.80 Å². The third-order valence-corrected chi connectivity index (χ3v) is 12.4. The third-order valence-electron chi connectivity index (χ3n) is 12.4. The van der Waals surface area contributed by atoms with Crippen LogP contribution >= 0.6 is 0 Å². The number of hydrogen-bond donors (Lipinski definition) is 0. The van der Waals surface area contributed by atoms with Crippen LogP contribution in [0.25, 0.3) is 78.7 Å². The van der Waals surface area contributed by atoms with Crippen LogP contribution in [0.2, 0.25) is 0 Å². The maximum absolute atomic E-state index is 6.09. The van der Waals surface area contributed by atoms with Gasteiger partial charge in [-0.1, -0.05) is 84.9 Å². The summed E-state index contributed by atoms with van der Waals surface area (Å²) in [6.07, 6.45) is 0. The Hall–Kier alpha value is -9.14. The molecule has 0 fully saturated rings. The van der Waals surface area contributed by atoms with Crippen molar-refractivity contribution in [3.63, 3.8) is 0 Å². The summed E-state index contributed by atoms with van der Waals surface area (Å²) in [6.45, 7) is 4.24. The molecule has 0 spiro atoms. The van der Waals surface area contributed by atoms with E-state index in [4.69, 9.17) is 28.8 Å². The highest BCUT2D eigenvalue weighted by atomic mass is 16.4. The number of rotatable bonds is 10. The Kier molecular flexibility index (Phi) is 10.1. The van der Waals surface area contributed by atoms with E-state index in [2.05, 4.69) is 181 Å². The predicted molar refractivity (Wildman–Crippen MR) is 275 cm³/mol. The van der Waals surface area contributed by atoms with Crippen molar-refractivity contribution in [2.75, 3.05) is 9.80 Å². The Morgan fingerprint density at radius 2 is 0.603 bits per heavy atom. The zero-order valence-corrected chi connectivity index (χ0v) is 37.3. The van der Waals surface area contributed by atoms with Gasteiger partial charge in [0.05, 0.1) is 22.4 Å². The standard InChI is InChI=1S/C60H42N6O2/c1-39-37-53-54(38-40(39)2)62-58(42-23-31-48(32-24-42)66(46-15-7-4-8-16-46)50-35-27-44(28-36-50)60-64-52-18-10-12-20-56(52)68-60)57(61-53)41-21-29-47(30-22-41)65(45-13-5-3-6-14-45)49-33-25-43(26-34-49)59-63-51-17-9-11-19-55(51)67-59/h3-38H,1-2H3. The van der Waals surface area contributed by atoms with Gasteiger partial charge in [0.25, 0.3) is 0 Å². The molecule has 324 valence electrons. The molecule has 0 radical (unpaired) electrons. The molecule has 0 bridgehead atoms. The number of benzene rings is 9. The van der Waals surface area contributed by atoms with E-state index in [1.54, 1.807) is 0 Å². The highest BCUT2D eigenvalue weighted by Gasteiger charge is 2.20. The molecule has 12 aromatic rings. The molecule has 0 unspecified atom stereocenters. The van der Waals surface area contributed by atoms with Crippen LogP contribution in [-0.2, 0) is 0 Å². The molecule has 0 amide bonds. The second-order valence-electron chi connectivity index (χ2n) is 16.8. The molecule has 8 heteroatoms. The van der Waals surface area contributed by atoms with Crippen molar-refractivity contribution in [1.82, 2.24) is 19.9 Å². The summed E-state index contributed by atoms with van der Waals surface area (Å²) in [4.78, 5) is 24.7. The number of anilines is 6. The van der Waals surface area contributed by atoms with Crippen molar-refractivity contribution in [3.8, 4) is 45.4 Å². The number of nitrogens with zero attached hydrogens (tertiary/aromatic N) is 6. The molecular formula is C60H42N6O2. The number of oxazole rings is 2. The van der Waals surface area contributed by atoms with Gasteiger partial charge in [0.15, 0.2) is 11.2 Å². The molecule has 0 saturated carbocycles. The van der Waals surface area contributed by atoms with Gasteiger partial charge in [-0.2, -0.15) is 0 Å². The molecule has 0 saturated heterocycles. The quantitative estimate of drug-likeness (QED) is 0.134. The molecular weight excluding hydrogens is 837 g/mol. The lowest BCUT2D eigenvalue weighted by Crippen LogP contribution is -2.10. The van der Waals surface area contributed by atoms with E-state index in [1.807, 2.05) is 60.7 Å². The molecule has 0 aliphatic heterocycles. The van der Waals surface area contributed by atoms with Crippen molar-refractivity contribution < 1.29 is 8.83 Å². The van der Waals surface area contributed by atoms with Crippen LogP contribution in [0.5, 0.6) is 0 Å². The maximum Gasteiger partial charge on any atom is 0.227 e. The van der Waals surface area contributed by atoms with Crippen molar-refractivity contribution in [2.24, 2.45) is 0 Å². The van der Waals surface area contributed by atoms with Gasteiger partial charge in [0.2, 0.25) is 11.8 Å². The van der Waals surface area contributed by atoms with Gasteiger partial charge in [-0.05, 0) is 158 Å². The van der Waals surface area contributed by atoms with E-state index in [0.717, 1.165) is 101 Å². The first-order valence-corrected chi connectivity index (χ1v) is 22.6. The highest BCUT2D eigenvalue weighted by molar-refractivity contribution is 5.89. The monoisotopic (exact) mass is 878 g/mol. The molecule has 0 atom stereocenters. The first-order chi connectivity index (χ1) is 33.5. The van der Waals surface area contributed by atoms with Gasteiger partial charge in [-0.25, -0.2) is 19.9 Å². The molecule has 9 aromatic carbocycles. The summed E-state index contributed by atoms with van der Waals surface area (Å²) < 4.78 is 12.2. The van der Waals surface area contributed by atoms with Gasteiger partial charge in [-0.3, -0.25) is 0 Å². The van der Waals surface area contributed by atoms with Gasteiger partial charge in [0.1, 0.15) is 11.0 Å². The summed E-state index contributed by atoms with van der Waals surface area (Å²) in [6, 6.07) is 74.7. The van der Waals surface area contributed by atoms with Gasteiger partial charge < -0.3 is 18.6 Å². The van der Waals surface area contributed by atoms with Crippen LogP contribution in [0.15, 0.2) is 227 Å². The fourth-order valence-electron chi connectivity index (χ4n) is 8.80. The average molecular weight is 879 g/mol. The third kappa shape index (κ3) is 7.59. The first kappa shape index (κ1) is 40.4. The van der Waals surface area contributed by atoms with Crippen molar-refractivity contribution >= 4 is 67.4 Å². The van der Waals surface area contributed by atoms with E-state index in [9.17, 15) is 0 Å². The normalized spacial score (nSPS) is 11.4. The van der Waals surface area contributed by atoms with Gasteiger partial charge >= 0.3 is 0 Å². The Balaban J connectivity index is 0.899. The summed E-state index contributed by atoms with van der Waals surface area (Å²) in [5, 5.41) is 0. The van der Waals surface area contributed by atoms with Gasteiger partial charge in [-0.15, -0.1) is 0 Å². The number of aromatic nitrogens is 4. The van der Waals surface area contributed by atoms with Crippen LogP contribution in [0.3, 0.4) is 0 Å². The smallest absolute Gasteiger partial charge is 0.227 e. The topological polar surface area (TPSA) is 84.3 Å². The lowest BCUT2D eigenvalue weighted by atomic mass is 10.0. The number of fused-ring (bicyclic) bond motifs is 3. The van der Waals surface area contributed by atoms with Crippen LogP contribution in [-0.4, -0.2) is 19.9 Å². The second-order valence-corrected chi connectivity index (χ2v) is 16.8. The molecule has 3 heterocycles. The van der Waals surface area contributed by atoms with E-state index in [0.29, 0.717) is 11.8 Å². The van der Waals surface area contributed by atoms with E-state index >= 15 is 0 Å². The summed E-state index contributed by atoms with van der Waals surface area (Å²) in [5.74, 6) is 1.19. The summed E-state index contributed by atoms with van der Waals surface area (Å²) >= 11 is 0. The number of aryl methyl sites for hydroxylation is 2. The summed E-state index contributed by atoms with van der Waals surface area (Å²) in [5.41, 5.74) is 18.7. The van der Waals surface area contributed by atoms with Crippen LogP contribution in [0.1, 0.15) is 11.1 Å². The first-order valence-electron chi connectivity index (χ1n) is 22.6. The Labute approximate surface area is 393 Å². The molecule has 68 heavy (non-hydrogen) atoms. The fourth-order valence-corrected chi connectivity index (χ4v) is 8.80. The van der Waals surface area contributed by atoms with Crippen LogP contribution in [0.4, 0.5) is 34.1 Å². The van der Waals surface area contributed by atoms with E-state index < -0.39 is 0 Å². The van der Waals surface area contributed by atoms with E-state index in [1.165, 1.54) is 11.1 Å². The lowest BCUT2D eigenvalue weighted by molar-refractivity contribution is 0.619. The van der Waals surface area contributed by atoms with Crippen molar-refractivity contribution in [3.05, 3.63) is 230 Å². The van der Waals surface area contributed by atoms with E-state index in [-0.39, 0.29) is 0 Å². The van der Waals surface area contributed by atoms with Crippen molar-refractivity contribution in [2.45, 2.75) is 13.8 Å². The Bertz CT molecular complexity index is 3420. The fraction of sp³-hybridized carbons (Fsp3) is 0.0333. The Morgan fingerprint density at radius 3 is 0.956 bits per heavy atom. The number of hydrogen-bond acceptors (Lipinski definition) is 8. The minimum atomic E-state index is 0.595. The zero-order valence-electron chi connectivity index (χ0n) is 37.3. The average Bonchev–Trinajstić information content (AvgIpc) is 4.04. The van der Waals surface area contributed by atoms with Gasteiger partial charge in [0, 0.05) is 56.4 Å². The highest BCUT2D eigenvalue weighted by Crippen LogP contribution is 2.41. The minimum absolute atomic E-state index is 0.595. The SMILES string of the molecule is Cc1cc2nc(-c3ccc(N(c4ccccc4)c4ccc(-c5nc6ccccc6o5)cc4)cc3)c(-c3ccc(N(c4ccccc4)c4ccc(-c5nc6ccccc6o5)cc4)cc3)nc2cc1C. The maximum atomic E-state index is 6.09. The van der Waals surface area contributed by atoms with Crippen molar-refractivity contribution in [1.29, 1.82) is 0 Å². The molecule has 0 N–H and O–H groups in total. The minimum Gasteiger partial charge on any atom is -0.436 e. The largest absolute Gasteiger partial charge is 0.436 e. The number of para-hydroxylation sites is 6. The molecule has 3 aromatic heterocycles. The molecule has 8 nitrogen and oxygen atoms in total. The molecule has 0 aliphatic carbocycles. The Morgan fingerprint density at radius 1 is 0.294 bits per heavy atom. The molecule has 0 aliphatic rings. The van der Waals surface area contributed by atoms with Crippen LogP contribution in [0, 0.1) is 13.8 Å². The predicted octanol–water partition coefficient (Wildman–Crippen LogP) is 16.1. The molecule has 12 rings (SSSR count). The second kappa shape index (κ2) is 17.0. The summed E-state index contributed by atoms with van der Waals surface area (Å²) in [7, 11) is 0. The zero-order chi connectivity index (χ0) is 45.6.